The number of amides is 4. The van der Waals surface area contributed by atoms with Gasteiger partial charge in [-0.3, -0.25) is 14.5 Å². The molecule has 4 amide bonds. The summed E-state index contributed by atoms with van der Waals surface area (Å²) in [7, 11) is 0. The van der Waals surface area contributed by atoms with E-state index >= 15 is 0 Å². The van der Waals surface area contributed by atoms with Crippen molar-refractivity contribution >= 4 is 35.3 Å². The molecular formula is C29H31N5O5S. The largest absolute Gasteiger partial charge is 0.457 e. The SMILES string of the molecule is C=CC(=O)N1CC[C@@H](O)[C@H](NC(=O)C2=C3NC(=O)N(c4ccc(Oc5ccccc5)cc4)C4CCNC(S2)C34)C1. The molecule has 2 aromatic carbocycles. The summed E-state index contributed by atoms with van der Waals surface area (Å²) in [4.78, 5) is 42.8. The van der Waals surface area contributed by atoms with Gasteiger partial charge in [-0.1, -0.05) is 36.5 Å². The lowest BCUT2D eigenvalue weighted by molar-refractivity contribution is -0.130. The zero-order valence-corrected chi connectivity index (χ0v) is 22.6. The first-order valence-corrected chi connectivity index (χ1v) is 14.3. The second-order valence-corrected chi connectivity index (χ2v) is 11.4. The molecule has 0 aromatic heterocycles. The lowest BCUT2D eigenvalue weighted by Gasteiger charge is -2.45. The Morgan fingerprint density at radius 2 is 1.85 bits per heavy atom. The van der Waals surface area contributed by atoms with Crippen LogP contribution in [0, 0.1) is 5.92 Å². The molecule has 4 N–H and O–H groups in total. The zero-order chi connectivity index (χ0) is 27.8. The maximum Gasteiger partial charge on any atom is 0.326 e. The van der Waals surface area contributed by atoms with Crippen LogP contribution in [-0.4, -0.2) is 71.0 Å². The highest BCUT2D eigenvalue weighted by atomic mass is 32.2. The van der Waals surface area contributed by atoms with Crippen molar-refractivity contribution in [3.05, 3.63) is 77.9 Å². The molecule has 3 saturated heterocycles. The number of piperidine rings is 2. The van der Waals surface area contributed by atoms with Crippen LogP contribution in [0.25, 0.3) is 0 Å². The quantitative estimate of drug-likeness (QED) is 0.400. The Morgan fingerprint density at radius 3 is 2.60 bits per heavy atom. The van der Waals surface area contributed by atoms with Gasteiger partial charge in [0.2, 0.25) is 5.91 Å². The highest BCUT2D eigenvalue weighted by Crippen LogP contribution is 2.48. The third kappa shape index (κ3) is 4.96. The number of hydrogen-bond donors (Lipinski definition) is 4. The van der Waals surface area contributed by atoms with E-state index in [-0.39, 0.29) is 41.7 Å². The molecule has 4 aliphatic heterocycles. The van der Waals surface area contributed by atoms with Crippen molar-refractivity contribution in [2.24, 2.45) is 5.92 Å². The molecule has 5 atom stereocenters. The molecule has 4 heterocycles. The second-order valence-electron chi connectivity index (χ2n) is 10.3. The lowest BCUT2D eigenvalue weighted by atomic mass is 9.86. The molecule has 11 heteroatoms. The summed E-state index contributed by atoms with van der Waals surface area (Å²) < 4.78 is 5.91. The van der Waals surface area contributed by atoms with E-state index in [0.717, 1.165) is 17.9 Å². The fourth-order valence-corrected chi connectivity index (χ4v) is 7.27. The number of benzene rings is 2. The summed E-state index contributed by atoms with van der Waals surface area (Å²) in [5.74, 6) is 0.706. The normalized spacial score (nSPS) is 27.5. The van der Waals surface area contributed by atoms with Crippen LogP contribution in [0.2, 0.25) is 0 Å². The van der Waals surface area contributed by atoms with Crippen molar-refractivity contribution in [3.63, 3.8) is 0 Å². The maximum absolute atomic E-state index is 13.5. The van der Waals surface area contributed by atoms with Gasteiger partial charge in [0.05, 0.1) is 28.5 Å². The number of nitrogens with one attached hydrogen (secondary N) is 3. The zero-order valence-electron chi connectivity index (χ0n) is 21.8. The molecule has 208 valence electrons. The summed E-state index contributed by atoms with van der Waals surface area (Å²) in [5.41, 5.74) is 1.36. The average Bonchev–Trinajstić information content (AvgIpc) is 3.34. The van der Waals surface area contributed by atoms with E-state index in [0.29, 0.717) is 35.9 Å². The van der Waals surface area contributed by atoms with Gasteiger partial charge < -0.3 is 30.7 Å². The van der Waals surface area contributed by atoms with Gasteiger partial charge in [0.25, 0.3) is 5.91 Å². The van der Waals surface area contributed by atoms with Crippen LogP contribution < -0.4 is 25.6 Å². The van der Waals surface area contributed by atoms with Gasteiger partial charge in [0, 0.05) is 30.4 Å². The monoisotopic (exact) mass is 561 g/mol. The Bertz CT molecular complexity index is 1350. The minimum Gasteiger partial charge on any atom is -0.457 e. The minimum atomic E-state index is -0.770. The number of urea groups is 1. The summed E-state index contributed by atoms with van der Waals surface area (Å²) in [5, 5.41) is 19.8. The first-order chi connectivity index (χ1) is 19.4. The van der Waals surface area contributed by atoms with Crippen LogP contribution in [0.15, 0.2) is 77.9 Å². The number of para-hydroxylation sites is 1. The van der Waals surface area contributed by atoms with Gasteiger partial charge in [-0.15, -0.1) is 0 Å². The summed E-state index contributed by atoms with van der Waals surface area (Å²) >= 11 is 1.40. The van der Waals surface area contributed by atoms with Crippen LogP contribution in [0.1, 0.15) is 12.8 Å². The highest BCUT2D eigenvalue weighted by Gasteiger charge is 2.52. The molecule has 0 bridgehead atoms. The van der Waals surface area contributed by atoms with Crippen molar-refractivity contribution in [1.82, 2.24) is 20.9 Å². The van der Waals surface area contributed by atoms with E-state index < -0.39 is 12.1 Å². The molecule has 40 heavy (non-hydrogen) atoms. The van der Waals surface area contributed by atoms with E-state index in [1.54, 1.807) is 9.80 Å². The number of hydrogen-bond acceptors (Lipinski definition) is 7. The molecular weight excluding hydrogens is 530 g/mol. The topological polar surface area (TPSA) is 123 Å². The third-order valence-corrected chi connectivity index (χ3v) is 9.18. The number of thioether (sulfide) groups is 1. The molecule has 3 fully saturated rings. The van der Waals surface area contributed by atoms with Gasteiger partial charge in [-0.2, -0.15) is 0 Å². The number of likely N-dealkylation sites (tertiary alicyclic amines) is 1. The number of aliphatic hydroxyl groups is 1. The number of rotatable bonds is 6. The minimum absolute atomic E-state index is 0.0755. The summed E-state index contributed by atoms with van der Waals surface area (Å²) in [6.07, 6.45) is 1.56. The fraction of sp³-hybridized carbons (Fsp3) is 0.345. The molecule has 0 radical (unpaired) electrons. The predicted molar refractivity (Wildman–Crippen MR) is 152 cm³/mol. The smallest absolute Gasteiger partial charge is 0.326 e. The van der Waals surface area contributed by atoms with Gasteiger partial charge in [0.15, 0.2) is 0 Å². The Balaban J connectivity index is 1.20. The number of ether oxygens (including phenoxy) is 1. The van der Waals surface area contributed by atoms with Crippen molar-refractivity contribution in [1.29, 1.82) is 0 Å². The Hall–Kier alpha value is -3.80. The standard InChI is InChI=1S/C29H31N5O5S/c1-2-23(36)33-15-13-22(35)20(16-33)31-27(37)26-25-24-21(12-14-30-28(24)40-26)34(29(38)32-25)17-8-10-19(11-9-17)39-18-6-4-3-5-7-18/h2-11,20-22,24,28,30,35H,1,12-16H2,(H,31,37)(H,32,38)/t20-,21?,22-,24?,28?/m1/s1. The van der Waals surface area contributed by atoms with Crippen LogP contribution >= 0.6 is 11.8 Å². The number of carbonyl (C=O) groups is 3. The van der Waals surface area contributed by atoms with E-state index in [9.17, 15) is 19.5 Å². The van der Waals surface area contributed by atoms with E-state index in [4.69, 9.17) is 4.74 Å². The second kappa shape index (κ2) is 11.0. The molecule has 4 aliphatic rings. The molecule has 0 saturated carbocycles. The molecule has 2 aromatic rings. The molecule has 6 rings (SSSR count). The fourth-order valence-electron chi connectivity index (χ4n) is 5.87. The van der Waals surface area contributed by atoms with E-state index in [2.05, 4.69) is 22.5 Å². The maximum atomic E-state index is 13.5. The summed E-state index contributed by atoms with van der Waals surface area (Å²) in [6, 6.07) is 15.9. The van der Waals surface area contributed by atoms with Gasteiger partial charge >= 0.3 is 6.03 Å². The third-order valence-electron chi connectivity index (χ3n) is 7.82. The van der Waals surface area contributed by atoms with Crippen molar-refractivity contribution in [2.45, 2.75) is 36.4 Å². The van der Waals surface area contributed by atoms with Crippen molar-refractivity contribution in [2.75, 3.05) is 24.5 Å². The van der Waals surface area contributed by atoms with Crippen LogP contribution in [0.4, 0.5) is 10.5 Å². The van der Waals surface area contributed by atoms with Crippen molar-refractivity contribution in [3.8, 4) is 11.5 Å². The number of nitrogens with zero attached hydrogens (tertiary/aromatic N) is 2. The predicted octanol–water partition coefficient (Wildman–Crippen LogP) is 2.54. The van der Waals surface area contributed by atoms with Gasteiger partial charge in [-0.05, 0) is 61.9 Å². The number of aliphatic hydroxyl groups excluding tert-OH is 1. The average molecular weight is 562 g/mol. The Labute approximate surface area is 236 Å². The molecule has 0 aliphatic carbocycles. The lowest BCUT2D eigenvalue weighted by Crippen LogP contribution is -2.62. The molecule has 10 nitrogen and oxygen atoms in total. The Morgan fingerprint density at radius 1 is 1.10 bits per heavy atom. The number of anilines is 1. The molecule has 0 spiro atoms. The van der Waals surface area contributed by atoms with Crippen molar-refractivity contribution < 1.29 is 24.2 Å². The van der Waals surface area contributed by atoms with Crippen LogP contribution in [0.5, 0.6) is 11.5 Å². The van der Waals surface area contributed by atoms with Gasteiger partial charge in [-0.25, -0.2) is 4.79 Å². The number of carbonyl (C=O) groups excluding carboxylic acids is 3. The van der Waals surface area contributed by atoms with E-state index in [1.165, 1.54) is 17.8 Å². The highest BCUT2D eigenvalue weighted by molar-refractivity contribution is 8.04. The Kier molecular flexibility index (Phi) is 7.26. The van der Waals surface area contributed by atoms with Crippen LogP contribution in [0.3, 0.4) is 0 Å². The first-order valence-electron chi connectivity index (χ1n) is 13.4. The first kappa shape index (κ1) is 26.4. The summed E-state index contributed by atoms with van der Waals surface area (Å²) in [6.45, 7) is 4.84. The van der Waals surface area contributed by atoms with E-state index in [1.807, 2.05) is 54.6 Å². The van der Waals surface area contributed by atoms with Gasteiger partial charge in [0.1, 0.15) is 11.5 Å². The molecule has 3 unspecified atom stereocenters. The van der Waals surface area contributed by atoms with Crippen LogP contribution in [-0.2, 0) is 9.59 Å².